The van der Waals surface area contributed by atoms with E-state index in [1.165, 1.54) is 11.3 Å². The first-order valence-corrected chi connectivity index (χ1v) is 8.34. The second-order valence-corrected chi connectivity index (χ2v) is 6.80. The Kier molecular flexibility index (Phi) is 4.45. The molecule has 0 aliphatic heterocycles. The third kappa shape index (κ3) is 3.78. The Hall–Kier alpha value is -2.18. The fraction of sp³-hybridized carbons (Fsp3) is 0.294. The zero-order valence-corrected chi connectivity index (χ0v) is 13.4. The van der Waals surface area contributed by atoms with Crippen LogP contribution in [0.25, 0.3) is 0 Å². The van der Waals surface area contributed by atoms with Gasteiger partial charge in [-0.1, -0.05) is 6.07 Å². The van der Waals surface area contributed by atoms with Crippen molar-refractivity contribution in [2.45, 2.75) is 12.8 Å². The van der Waals surface area contributed by atoms with Crippen LogP contribution in [-0.2, 0) is 0 Å². The lowest BCUT2D eigenvalue weighted by molar-refractivity contribution is 0.0934. The molecule has 1 heterocycles. The minimum absolute atomic E-state index is 0.107. The molecule has 0 spiro atoms. The van der Waals surface area contributed by atoms with Gasteiger partial charge in [-0.2, -0.15) is 0 Å². The first-order valence-electron chi connectivity index (χ1n) is 7.46. The van der Waals surface area contributed by atoms with Crippen LogP contribution in [0.5, 0.6) is 0 Å². The number of nitrogens with one attached hydrogen (secondary N) is 2. The Morgan fingerprint density at radius 1 is 1.13 bits per heavy atom. The normalized spacial score (nSPS) is 15.0. The van der Waals surface area contributed by atoms with Crippen LogP contribution in [-0.4, -0.2) is 30.1 Å². The van der Waals surface area contributed by atoms with Crippen LogP contribution in [0.15, 0.2) is 41.8 Å². The molecule has 0 bridgehead atoms. The molecule has 120 valence electrons. The average Bonchev–Trinajstić information content (AvgIpc) is 3.14. The van der Waals surface area contributed by atoms with Crippen LogP contribution < -0.4 is 10.6 Å². The third-order valence-corrected chi connectivity index (χ3v) is 4.94. The van der Waals surface area contributed by atoms with Crippen molar-refractivity contribution in [1.82, 2.24) is 5.32 Å². The number of hydrogen-bond acceptors (Lipinski definition) is 4. The molecule has 6 heteroatoms. The van der Waals surface area contributed by atoms with Crippen molar-refractivity contribution in [1.29, 1.82) is 0 Å². The molecule has 1 saturated carbocycles. The van der Waals surface area contributed by atoms with E-state index in [1.807, 2.05) is 11.4 Å². The summed E-state index contributed by atoms with van der Waals surface area (Å²) < 4.78 is 0. The Balaban J connectivity index is 1.56. The molecule has 1 fully saturated rings. The molecular formula is C17H18N2O3S. The summed E-state index contributed by atoms with van der Waals surface area (Å²) in [6, 6.07) is 10.4. The summed E-state index contributed by atoms with van der Waals surface area (Å²) in [5.41, 5.74) is 1.08. The predicted octanol–water partition coefficient (Wildman–Crippen LogP) is 2.50. The van der Waals surface area contributed by atoms with Crippen LogP contribution in [0.3, 0.4) is 0 Å². The average molecular weight is 330 g/mol. The summed E-state index contributed by atoms with van der Waals surface area (Å²) in [6.07, 6.45) is 1.91. The molecule has 0 atom stereocenters. The maximum atomic E-state index is 12.1. The van der Waals surface area contributed by atoms with Crippen molar-refractivity contribution in [3.63, 3.8) is 0 Å². The minimum Gasteiger partial charge on any atom is -0.396 e. The van der Waals surface area contributed by atoms with Crippen molar-refractivity contribution >= 4 is 28.8 Å². The molecule has 0 radical (unpaired) electrons. The van der Waals surface area contributed by atoms with E-state index in [1.54, 1.807) is 30.3 Å². The number of amides is 2. The Morgan fingerprint density at radius 2 is 1.87 bits per heavy atom. The van der Waals surface area contributed by atoms with Gasteiger partial charge < -0.3 is 15.7 Å². The van der Waals surface area contributed by atoms with E-state index in [0.717, 1.165) is 12.8 Å². The summed E-state index contributed by atoms with van der Waals surface area (Å²) in [4.78, 5) is 24.7. The number of rotatable bonds is 6. The standard InChI is InChI=1S/C17H18N2O3S/c20-11-17(7-8-17)10-18-15(21)12-3-5-13(6-4-12)19-16(22)14-2-1-9-23-14/h1-6,9,20H,7-8,10-11H2,(H,18,21)(H,19,22). The molecule has 3 N–H and O–H groups in total. The fourth-order valence-corrected chi connectivity index (χ4v) is 2.86. The Labute approximate surface area is 138 Å². The number of carbonyl (C=O) groups excluding carboxylic acids is 2. The number of anilines is 1. The molecule has 5 nitrogen and oxygen atoms in total. The second kappa shape index (κ2) is 6.52. The van der Waals surface area contributed by atoms with E-state index in [0.29, 0.717) is 22.7 Å². The van der Waals surface area contributed by atoms with Crippen LogP contribution >= 0.6 is 11.3 Å². The largest absolute Gasteiger partial charge is 0.396 e. The van der Waals surface area contributed by atoms with Gasteiger partial charge in [-0.05, 0) is 48.6 Å². The van der Waals surface area contributed by atoms with Gasteiger partial charge in [-0.25, -0.2) is 0 Å². The van der Waals surface area contributed by atoms with E-state index in [4.69, 9.17) is 0 Å². The van der Waals surface area contributed by atoms with Gasteiger partial charge in [0.2, 0.25) is 0 Å². The molecule has 23 heavy (non-hydrogen) atoms. The molecule has 2 amide bonds. The van der Waals surface area contributed by atoms with Crippen LogP contribution in [0.2, 0.25) is 0 Å². The summed E-state index contributed by atoms with van der Waals surface area (Å²) in [7, 11) is 0. The van der Waals surface area contributed by atoms with Crippen molar-refractivity contribution in [2.75, 3.05) is 18.5 Å². The van der Waals surface area contributed by atoms with Gasteiger partial charge in [0.25, 0.3) is 11.8 Å². The van der Waals surface area contributed by atoms with Crippen LogP contribution in [0.1, 0.15) is 32.9 Å². The van der Waals surface area contributed by atoms with Gasteiger partial charge in [0.1, 0.15) is 0 Å². The number of hydrogen-bond donors (Lipinski definition) is 3. The highest BCUT2D eigenvalue weighted by molar-refractivity contribution is 7.12. The summed E-state index contributed by atoms with van der Waals surface area (Å²) >= 11 is 1.38. The Morgan fingerprint density at radius 3 is 2.43 bits per heavy atom. The number of benzene rings is 1. The van der Waals surface area contributed by atoms with E-state index in [9.17, 15) is 14.7 Å². The molecule has 2 aromatic rings. The molecular weight excluding hydrogens is 312 g/mol. The van der Waals surface area contributed by atoms with Crippen molar-refractivity contribution in [3.05, 3.63) is 52.2 Å². The van der Waals surface area contributed by atoms with Gasteiger partial charge in [-0.15, -0.1) is 11.3 Å². The summed E-state index contributed by atoms with van der Waals surface area (Å²) in [5.74, 6) is -0.323. The topological polar surface area (TPSA) is 78.4 Å². The summed E-state index contributed by atoms with van der Waals surface area (Å²) in [5, 5.41) is 16.7. The minimum atomic E-state index is -0.166. The van der Waals surface area contributed by atoms with Gasteiger partial charge >= 0.3 is 0 Å². The molecule has 1 aliphatic carbocycles. The van der Waals surface area contributed by atoms with Crippen LogP contribution in [0, 0.1) is 5.41 Å². The van der Waals surface area contributed by atoms with Crippen molar-refractivity contribution < 1.29 is 14.7 Å². The van der Waals surface area contributed by atoms with Crippen molar-refractivity contribution in [3.8, 4) is 0 Å². The predicted molar refractivity (Wildman–Crippen MR) is 89.8 cm³/mol. The maximum Gasteiger partial charge on any atom is 0.265 e. The SMILES string of the molecule is O=C(NCC1(CO)CC1)c1ccc(NC(=O)c2cccs2)cc1. The van der Waals surface area contributed by atoms with Gasteiger partial charge in [-0.3, -0.25) is 9.59 Å². The lowest BCUT2D eigenvalue weighted by Gasteiger charge is -2.13. The lowest BCUT2D eigenvalue weighted by atomic mass is 10.1. The third-order valence-electron chi connectivity index (χ3n) is 4.07. The number of aliphatic hydroxyl groups excluding tert-OH is 1. The van der Waals surface area contributed by atoms with E-state index < -0.39 is 0 Å². The second-order valence-electron chi connectivity index (χ2n) is 5.85. The molecule has 1 aromatic carbocycles. The fourth-order valence-electron chi connectivity index (χ4n) is 2.24. The molecule has 0 saturated heterocycles. The van der Waals surface area contributed by atoms with E-state index in [2.05, 4.69) is 10.6 Å². The monoisotopic (exact) mass is 330 g/mol. The quantitative estimate of drug-likeness (QED) is 0.761. The highest BCUT2D eigenvalue weighted by Gasteiger charge is 2.42. The number of thiophene rings is 1. The number of carbonyl (C=O) groups is 2. The highest BCUT2D eigenvalue weighted by Crippen LogP contribution is 2.44. The van der Waals surface area contributed by atoms with E-state index >= 15 is 0 Å². The molecule has 3 rings (SSSR count). The number of aliphatic hydroxyl groups is 1. The molecule has 0 unspecified atom stereocenters. The van der Waals surface area contributed by atoms with Gasteiger partial charge in [0.15, 0.2) is 0 Å². The van der Waals surface area contributed by atoms with Crippen molar-refractivity contribution in [2.24, 2.45) is 5.41 Å². The first kappa shape index (κ1) is 15.7. The first-order chi connectivity index (χ1) is 11.1. The molecule has 1 aliphatic rings. The smallest absolute Gasteiger partial charge is 0.265 e. The maximum absolute atomic E-state index is 12.1. The van der Waals surface area contributed by atoms with E-state index in [-0.39, 0.29) is 23.8 Å². The molecule has 1 aromatic heterocycles. The highest BCUT2D eigenvalue weighted by atomic mass is 32.1. The lowest BCUT2D eigenvalue weighted by Crippen LogP contribution is -2.31. The summed E-state index contributed by atoms with van der Waals surface area (Å²) in [6.45, 7) is 0.611. The zero-order valence-electron chi connectivity index (χ0n) is 12.5. The zero-order chi connectivity index (χ0) is 16.3. The Bertz CT molecular complexity index is 691. The van der Waals surface area contributed by atoms with Crippen LogP contribution in [0.4, 0.5) is 5.69 Å². The van der Waals surface area contributed by atoms with Gasteiger partial charge in [0.05, 0.1) is 11.5 Å². The van der Waals surface area contributed by atoms with Gasteiger partial charge in [0, 0.05) is 23.2 Å².